The maximum absolute atomic E-state index is 12.0. The average molecular weight is 263 g/mol. The molecule has 0 aromatic carbocycles. The van der Waals surface area contributed by atoms with Crippen molar-refractivity contribution in [3.63, 3.8) is 0 Å². The van der Waals surface area contributed by atoms with E-state index in [-0.39, 0.29) is 17.5 Å². The van der Waals surface area contributed by atoms with E-state index in [9.17, 15) is 4.79 Å². The molecule has 1 aliphatic heterocycles. The van der Waals surface area contributed by atoms with Crippen LogP contribution in [-0.4, -0.2) is 29.9 Å². The summed E-state index contributed by atoms with van der Waals surface area (Å²) < 4.78 is 0. The Labute approximate surface area is 116 Å². The van der Waals surface area contributed by atoms with E-state index in [1.165, 1.54) is 6.42 Å². The van der Waals surface area contributed by atoms with Crippen LogP contribution >= 0.6 is 0 Å². The van der Waals surface area contributed by atoms with Gasteiger partial charge in [0.2, 0.25) is 0 Å². The number of nitrogens with one attached hydrogen (secondary N) is 1. The lowest BCUT2D eigenvalue weighted by Crippen LogP contribution is -2.37. The van der Waals surface area contributed by atoms with Crippen LogP contribution < -0.4 is 5.32 Å². The Morgan fingerprint density at radius 3 is 2.53 bits per heavy atom. The Kier molecular flexibility index (Phi) is 5.88. The van der Waals surface area contributed by atoms with Gasteiger partial charge < -0.3 is 10.2 Å². The minimum absolute atomic E-state index is 0.100. The minimum Gasteiger partial charge on any atom is -0.376 e. The zero-order chi connectivity index (χ0) is 14.4. The molecule has 1 saturated heterocycles. The highest BCUT2D eigenvalue weighted by atomic mass is 16.1. The summed E-state index contributed by atoms with van der Waals surface area (Å²) in [7, 11) is 0. The van der Waals surface area contributed by atoms with Crippen molar-refractivity contribution in [2.45, 2.75) is 46.6 Å². The lowest BCUT2D eigenvalue weighted by atomic mass is 9.92. The van der Waals surface area contributed by atoms with Crippen molar-refractivity contribution in [3.8, 4) is 6.07 Å². The van der Waals surface area contributed by atoms with Gasteiger partial charge in [0.05, 0.1) is 0 Å². The van der Waals surface area contributed by atoms with Gasteiger partial charge in [0, 0.05) is 25.3 Å². The quantitative estimate of drug-likeness (QED) is 0.625. The molecule has 4 heteroatoms. The summed E-state index contributed by atoms with van der Waals surface area (Å²) in [4.78, 5) is 14.1. The predicted molar refractivity (Wildman–Crippen MR) is 76.1 cm³/mol. The third-order valence-corrected chi connectivity index (χ3v) is 3.56. The van der Waals surface area contributed by atoms with Crippen molar-refractivity contribution < 1.29 is 4.79 Å². The minimum atomic E-state index is -0.261. The van der Waals surface area contributed by atoms with Crippen LogP contribution in [0.3, 0.4) is 0 Å². The molecular formula is C15H25N3O. The van der Waals surface area contributed by atoms with Crippen LogP contribution in [0.5, 0.6) is 0 Å². The average Bonchev–Trinajstić information content (AvgIpc) is 2.34. The number of hydrogen-bond acceptors (Lipinski definition) is 3. The van der Waals surface area contributed by atoms with Crippen molar-refractivity contribution in [2.24, 2.45) is 11.8 Å². The highest BCUT2D eigenvalue weighted by molar-refractivity contribution is 5.97. The molecule has 4 nitrogen and oxygen atoms in total. The Bertz CT molecular complexity index is 373. The second kappa shape index (κ2) is 7.18. The zero-order valence-electron chi connectivity index (χ0n) is 12.4. The van der Waals surface area contributed by atoms with Gasteiger partial charge in [-0.3, -0.25) is 4.79 Å². The van der Waals surface area contributed by atoms with Crippen molar-refractivity contribution in [3.05, 3.63) is 11.8 Å². The van der Waals surface area contributed by atoms with Crippen molar-refractivity contribution in [1.82, 2.24) is 10.2 Å². The Balaban J connectivity index is 2.70. The number of carbonyl (C=O) groups excluding carboxylic acids is 1. The molecule has 1 amide bonds. The molecule has 3 atom stereocenters. The SMILES string of the molecule is CCC(C)NC(=O)/C(C#N)=C\N1CC(C)CC(C)C1. The van der Waals surface area contributed by atoms with Gasteiger partial charge in [0.25, 0.3) is 5.91 Å². The molecule has 3 unspecified atom stereocenters. The first-order valence-electron chi connectivity index (χ1n) is 7.13. The van der Waals surface area contributed by atoms with Crippen LogP contribution in [0.4, 0.5) is 0 Å². The lowest BCUT2D eigenvalue weighted by Gasteiger charge is -2.34. The number of nitriles is 1. The molecule has 19 heavy (non-hydrogen) atoms. The van der Waals surface area contributed by atoms with E-state index < -0.39 is 0 Å². The largest absolute Gasteiger partial charge is 0.376 e. The molecule has 0 aromatic rings. The summed E-state index contributed by atoms with van der Waals surface area (Å²) in [5, 5.41) is 12.0. The maximum Gasteiger partial charge on any atom is 0.263 e. The predicted octanol–water partition coefficient (Wildman–Crippen LogP) is 2.29. The number of likely N-dealkylation sites (tertiary alicyclic amines) is 1. The smallest absolute Gasteiger partial charge is 0.263 e. The maximum atomic E-state index is 12.0. The molecule has 0 spiro atoms. The number of piperidine rings is 1. The van der Waals surface area contributed by atoms with Gasteiger partial charge in [0.1, 0.15) is 11.6 Å². The zero-order valence-corrected chi connectivity index (χ0v) is 12.4. The lowest BCUT2D eigenvalue weighted by molar-refractivity contribution is -0.117. The summed E-state index contributed by atoms with van der Waals surface area (Å²) in [6, 6.07) is 2.12. The highest BCUT2D eigenvalue weighted by Crippen LogP contribution is 2.21. The first-order valence-corrected chi connectivity index (χ1v) is 7.13. The first kappa shape index (κ1) is 15.6. The van der Waals surface area contributed by atoms with E-state index in [1.54, 1.807) is 6.20 Å². The molecule has 0 bridgehead atoms. The molecule has 1 rings (SSSR count). The Hall–Kier alpha value is -1.50. The van der Waals surface area contributed by atoms with Crippen LogP contribution in [0.1, 0.15) is 40.5 Å². The molecule has 0 saturated carbocycles. The normalized spacial score (nSPS) is 25.6. The number of nitrogens with zero attached hydrogens (tertiary/aromatic N) is 2. The topological polar surface area (TPSA) is 56.1 Å². The first-order chi connectivity index (χ1) is 8.96. The fourth-order valence-corrected chi connectivity index (χ4v) is 2.54. The van der Waals surface area contributed by atoms with Crippen molar-refractivity contribution >= 4 is 5.91 Å². The van der Waals surface area contributed by atoms with Gasteiger partial charge >= 0.3 is 0 Å². The van der Waals surface area contributed by atoms with E-state index in [1.807, 2.05) is 19.9 Å². The van der Waals surface area contributed by atoms with Gasteiger partial charge in [-0.1, -0.05) is 20.8 Å². The third kappa shape index (κ3) is 4.94. The van der Waals surface area contributed by atoms with E-state index >= 15 is 0 Å². The van der Waals surface area contributed by atoms with Crippen molar-refractivity contribution in [1.29, 1.82) is 5.26 Å². The van der Waals surface area contributed by atoms with Crippen LogP contribution in [0.25, 0.3) is 0 Å². The van der Waals surface area contributed by atoms with E-state index in [0.717, 1.165) is 19.5 Å². The highest BCUT2D eigenvalue weighted by Gasteiger charge is 2.21. The van der Waals surface area contributed by atoms with Crippen LogP contribution in [0.2, 0.25) is 0 Å². The second-order valence-electron chi connectivity index (χ2n) is 5.84. The summed E-state index contributed by atoms with van der Waals surface area (Å²) in [5.74, 6) is 0.956. The number of carbonyl (C=O) groups is 1. The molecule has 0 radical (unpaired) electrons. The van der Waals surface area contributed by atoms with Gasteiger partial charge in [-0.25, -0.2) is 0 Å². The molecule has 0 aromatic heterocycles. The second-order valence-corrected chi connectivity index (χ2v) is 5.84. The number of rotatable bonds is 4. The van der Waals surface area contributed by atoms with Gasteiger partial charge in [-0.2, -0.15) is 5.26 Å². The summed E-state index contributed by atoms with van der Waals surface area (Å²) >= 11 is 0. The fourth-order valence-electron chi connectivity index (χ4n) is 2.54. The molecular weight excluding hydrogens is 238 g/mol. The number of hydrogen-bond donors (Lipinski definition) is 1. The summed E-state index contributed by atoms with van der Waals surface area (Å²) in [6.45, 7) is 10.2. The summed E-state index contributed by atoms with van der Waals surface area (Å²) in [6.07, 6.45) is 3.80. The van der Waals surface area contributed by atoms with Gasteiger partial charge in [0.15, 0.2) is 0 Å². The Morgan fingerprint density at radius 2 is 2.05 bits per heavy atom. The fraction of sp³-hybridized carbons (Fsp3) is 0.733. The standard InChI is InChI=1S/C15H25N3O/c1-5-13(4)17-15(19)14(7-16)10-18-8-11(2)6-12(3)9-18/h10-13H,5-6,8-9H2,1-4H3,(H,17,19)/b14-10-. The van der Waals surface area contributed by atoms with Gasteiger partial charge in [-0.15, -0.1) is 0 Å². The molecule has 1 heterocycles. The molecule has 0 aliphatic carbocycles. The molecule has 1 N–H and O–H groups in total. The summed E-state index contributed by atoms with van der Waals surface area (Å²) in [5.41, 5.74) is 0.210. The van der Waals surface area contributed by atoms with E-state index in [0.29, 0.717) is 11.8 Å². The van der Waals surface area contributed by atoms with Crippen LogP contribution in [0, 0.1) is 23.2 Å². The Morgan fingerprint density at radius 1 is 1.47 bits per heavy atom. The monoisotopic (exact) mass is 263 g/mol. The molecule has 106 valence electrons. The number of amides is 1. The van der Waals surface area contributed by atoms with Gasteiger partial charge in [-0.05, 0) is 31.6 Å². The van der Waals surface area contributed by atoms with Crippen LogP contribution in [-0.2, 0) is 4.79 Å². The third-order valence-electron chi connectivity index (χ3n) is 3.56. The van der Waals surface area contributed by atoms with E-state index in [4.69, 9.17) is 5.26 Å². The molecule has 1 aliphatic rings. The molecule has 1 fully saturated rings. The van der Waals surface area contributed by atoms with Crippen molar-refractivity contribution in [2.75, 3.05) is 13.1 Å². The van der Waals surface area contributed by atoms with Crippen LogP contribution in [0.15, 0.2) is 11.8 Å². The van der Waals surface area contributed by atoms with E-state index in [2.05, 4.69) is 24.1 Å².